The molecule has 9 N–H and O–H groups in total. The molecule has 4 radical (unpaired) electrons. The molecule has 0 aliphatic rings. The van der Waals surface area contributed by atoms with Crippen LogP contribution in [0.25, 0.3) is 0 Å². The number of hydrogen-bond donors (Lipinski definition) is 6. The molecule has 0 aromatic carbocycles. The molecule has 0 aliphatic heterocycles. The van der Waals surface area contributed by atoms with Crippen LogP contribution in [-0.4, -0.2) is 128 Å². The van der Waals surface area contributed by atoms with Crippen LogP contribution in [0.15, 0.2) is 0 Å². The zero-order chi connectivity index (χ0) is 49.9. The van der Waals surface area contributed by atoms with Crippen molar-refractivity contribution in [3.63, 3.8) is 0 Å². The minimum absolute atomic E-state index is 0. The standard InChI is InChI=1S/3C11H18N2O8.4Fe/c3*12-4-6(1-7(14)15)11(2-8(16)17,3-9(18)19)13-5-10(20)21;;;;/h3*6,13H,1-5,12H2,(H,14,15)(H,16,17)(H,18,19)(H,20,21);;;;/q;;;4*+3/p-12. The summed E-state index contributed by atoms with van der Waals surface area (Å²) in [6.45, 7) is -3.96. The molecule has 0 amide bonds. The monoisotopic (exact) mass is 1130 g/mol. The molecule has 0 heterocycles. The van der Waals surface area contributed by atoms with Gasteiger partial charge in [-0.2, -0.15) is 0 Å². The molecule has 30 nitrogen and oxygen atoms in total. The van der Waals surface area contributed by atoms with Gasteiger partial charge in [0.15, 0.2) is 0 Å². The van der Waals surface area contributed by atoms with Crippen LogP contribution in [-0.2, 0) is 126 Å². The number of carbonyl (C=O) groups excluding carboxylic acids is 12. The molecule has 0 aromatic heterocycles. The van der Waals surface area contributed by atoms with Crippen LogP contribution >= 0.6 is 0 Å². The molecule has 3 unspecified atom stereocenters. The molecular formula is C33H42Fe4N6O24. The van der Waals surface area contributed by atoms with Crippen molar-refractivity contribution in [2.45, 2.75) is 74.4 Å². The molecule has 34 heteroatoms. The van der Waals surface area contributed by atoms with E-state index in [0.29, 0.717) is 0 Å². The van der Waals surface area contributed by atoms with Gasteiger partial charge in [0.05, 0.1) is 17.9 Å². The van der Waals surface area contributed by atoms with Crippen molar-refractivity contribution >= 4 is 71.6 Å². The summed E-state index contributed by atoms with van der Waals surface area (Å²) in [4.78, 5) is 128. The molecule has 0 aliphatic carbocycles. The van der Waals surface area contributed by atoms with Crippen molar-refractivity contribution in [3.05, 3.63) is 0 Å². The summed E-state index contributed by atoms with van der Waals surface area (Å²) >= 11 is 0. The predicted molar refractivity (Wildman–Crippen MR) is 171 cm³/mol. The molecule has 0 saturated carbocycles. The van der Waals surface area contributed by atoms with E-state index in [1.165, 1.54) is 0 Å². The second-order valence-corrected chi connectivity index (χ2v) is 13.5. The first-order valence-electron chi connectivity index (χ1n) is 17.6. The van der Waals surface area contributed by atoms with Gasteiger partial charge in [0, 0.05) is 128 Å². The van der Waals surface area contributed by atoms with Crippen LogP contribution in [0.3, 0.4) is 0 Å². The zero-order valence-electron chi connectivity index (χ0n) is 34.3. The molecule has 0 rings (SSSR count). The fraction of sp³-hybridized carbons (Fsp3) is 0.636. The summed E-state index contributed by atoms with van der Waals surface area (Å²) in [6, 6.07) is 0. The number of hydrogen-bond acceptors (Lipinski definition) is 30. The number of rotatable bonds is 33. The summed E-state index contributed by atoms with van der Waals surface area (Å²) in [7, 11) is 0. The first-order valence-corrected chi connectivity index (χ1v) is 17.6. The smallest absolute Gasteiger partial charge is 0.550 e. The minimum atomic E-state index is -1.97. The Bertz CT molecular complexity index is 1430. The van der Waals surface area contributed by atoms with Gasteiger partial charge in [-0.15, -0.1) is 0 Å². The predicted octanol–water partition coefficient (Wildman–Crippen LogP) is -20.8. The van der Waals surface area contributed by atoms with E-state index in [1.807, 2.05) is 0 Å². The quantitative estimate of drug-likeness (QED) is 0.0332. The van der Waals surface area contributed by atoms with Crippen molar-refractivity contribution in [2.75, 3.05) is 39.3 Å². The van der Waals surface area contributed by atoms with Gasteiger partial charge in [-0.05, 0) is 56.7 Å². The van der Waals surface area contributed by atoms with E-state index in [2.05, 4.69) is 16.0 Å². The van der Waals surface area contributed by atoms with Gasteiger partial charge in [-0.3, -0.25) is 0 Å². The second kappa shape index (κ2) is 38.4. The third kappa shape index (κ3) is 34.4. The molecule has 0 fully saturated rings. The largest absolute Gasteiger partial charge is 3.00 e. The fourth-order valence-corrected chi connectivity index (χ4v) is 6.27. The summed E-state index contributed by atoms with van der Waals surface area (Å²) in [5.74, 6) is -23.6. The molecule has 0 bridgehead atoms. The second-order valence-electron chi connectivity index (χ2n) is 13.5. The number of carboxylic acids is 12. The third-order valence-electron chi connectivity index (χ3n) is 8.95. The number of carbonyl (C=O) groups is 12. The van der Waals surface area contributed by atoms with Crippen LogP contribution in [0.2, 0.25) is 0 Å². The van der Waals surface area contributed by atoms with Crippen LogP contribution in [0.5, 0.6) is 0 Å². The van der Waals surface area contributed by atoms with Crippen LogP contribution in [0.4, 0.5) is 0 Å². The summed E-state index contributed by atoms with van der Waals surface area (Å²) in [5, 5.41) is 135. The normalized spacial score (nSPS) is 11.9. The summed E-state index contributed by atoms with van der Waals surface area (Å²) in [5.41, 5.74) is 10.1. The van der Waals surface area contributed by atoms with E-state index in [-0.39, 0.29) is 68.3 Å². The zero-order valence-corrected chi connectivity index (χ0v) is 38.7. The van der Waals surface area contributed by atoms with Crippen molar-refractivity contribution in [2.24, 2.45) is 35.0 Å². The van der Waals surface area contributed by atoms with Crippen molar-refractivity contribution in [3.8, 4) is 0 Å². The number of nitrogens with two attached hydrogens (primary N) is 3. The van der Waals surface area contributed by atoms with Crippen LogP contribution in [0.1, 0.15) is 57.8 Å². The maximum absolute atomic E-state index is 10.8. The minimum Gasteiger partial charge on any atom is -0.550 e. The Kier molecular flexibility index (Phi) is 44.0. The van der Waals surface area contributed by atoms with Crippen LogP contribution in [0, 0.1) is 17.8 Å². The first-order chi connectivity index (χ1) is 28.9. The van der Waals surface area contributed by atoms with Crippen LogP contribution < -0.4 is 94.4 Å². The average molecular weight is 1130 g/mol. The first kappa shape index (κ1) is 76.7. The number of aliphatic carboxylic acids is 12. The summed E-state index contributed by atoms with van der Waals surface area (Å²) < 4.78 is 0. The van der Waals surface area contributed by atoms with E-state index in [1.54, 1.807) is 0 Å². The number of carboxylic acid groups (broad SMARTS) is 12. The van der Waals surface area contributed by atoms with E-state index in [9.17, 15) is 119 Å². The molecular weight excluding hydrogens is 1090 g/mol. The molecule has 0 aromatic rings. The van der Waals surface area contributed by atoms with E-state index in [4.69, 9.17) is 17.2 Å². The molecule has 0 saturated heterocycles. The Morgan fingerprint density at radius 2 is 0.448 bits per heavy atom. The van der Waals surface area contributed by atoms with Gasteiger partial charge in [0.25, 0.3) is 0 Å². The Hall–Kier alpha value is -4.52. The molecule has 380 valence electrons. The van der Waals surface area contributed by atoms with E-state index < -0.39 is 203 Å². The Morgan fingerprint density at radius 3 is 0.537 bits per heavy atom. The molecule has 67 heavy (non-hydrogen) atoms. The number of nitrogens with one attached hydrogen (secondary N) is 3. The fourth-order valence-electron chi connectivity index (χ4n) is 6.27. The van der Waals surface area contributed by atoms with Gasteiger partial charge in [0.2, 0.25) is 0 Å². The Labute approximate surface area is 421 Å². The van der Waals surface area contributed by atoms with Crippen molar-refractivity contribution in [1.82, 2.24) is 16.0 Å². The van der Waals surface area contributed by atoms with Gasteiger partial charge in [-0.25, -0.2) is 0 Å². The topological polar surface area (TPSA) is 596 Å². The van der Waals surface area contributed by atoms with E-state index in [0.717, 1.165) is 0 Å². The van der Waals surface area contributed by atoms with Crippen molar-refractivity contribution < 1.29 is 187 Å². The molecule has 3 atom stereocenters. The maximum atomic E-state index is 10.8. The third-order valence-corrected chi connectivity index (χ3v) is 8.95. The van der Waals surface area contributed by atoms with Gasteiger partial charge < -0.3 is 152 Å². The van der Waals surface area contributed by atoms with Gasteiger partial charge >= 0.3 is 68.3 Å². The van der Waals surface area contributed by atoms with Gasteiger partial charge in [0.1, 0.15) is 0 Å². The van der Waals surface area contributed by atoms with E-state index >= 15 is 0 Å². The Morgan fingerprint density at radius 1 is 0.299 bits per heavy atom. The Balaban J connectivity index is -0.000000157. The van der Waals surface area contributed by atoms with Gasteiger partial charge in [-0.1, -0.05) is 0 Å². The summed E-state index contributed by atoms with van der Waals surface area (Å²) in [6.07, 6.45) is -8.11. The molecule has 0 spiro atoms. The average Bonchev–Trinajstić information content (AvgIpc) is 3.10. The SMILES string of the molecule is NCC(CC(=O)[O-])C(CC(=O)[O-])(CC(=O)[O-])NCC(=O)[O-].NCC(CC(=O)[O-])C(CC(=O)[O-])(CC(=O)[O-])NCC(=O)[O-].NCC(CC(=O)[O-])C(CC(=O)[O-])(CC(=O)[O-])NCC(=O)[O-].[Fe+3].[Fe+3].[Fe+3].[Fe+3]. The van der Waals surface area contributed by atoms with Crippen molar-refractivity contribution in [1.29, 1.82) is 0 Å². The maximum Gasteiger partial charge on any atom is 3.00 e.